The summed E-state index contributed by atoms with van der Waals surface area (Å²) in [4.78, 5) is -1.45. The monoisotopic (exact) mass is 509 g/mol. The Hall–Kier alpha value is -2.13. The van der Waals surface area contributed by atoms with Crippen LogP contribution in [-0.2, 0) is 35.3 Å². The summed E-state index contributed by atoms with van der Waals surface area (Å²) in [5, 5.41) is 0. The molecule has 0 aliphatic carbocycles. The third-order valence-corrected chi connectivity index (χ3v) is 9.24. The number of nitrogens with zero attached hydrogens (tertiary/aromatic N) is 1. The molecule has 0 fully saturated rings. The Morgan fingerprint density at radius 1 is 0.710 bits per heavy atom. The molecule has 1 unspecified atom stereocenters. The predicted molar refractivity (Wildman–Crippen MR) is 98.4 cm³/mol. The van der Waals surface area contributed by atoms with Crippen molar-refractivity contribution in [3.63, 3.8) is 0 Å². The van der Waals surface area contributed by atoms with Crippen molar-refractivity contribution in [1.29, 1.82) is 0 Å². The standard InChI is InChI=1S/C16H13F6NO5S3/c1-11-2-6-13(7-3-11)29(24,25)10-12-4-8-14(9-5-12)30(26,15(17,18)19)23-31(27,28)16(20,21)22/h2-9H,10H2,1H3. The van der Waals surface area contributed by atoms with Crippen molar-refractivity contribution >= 4 is 29.6 Å². The van der Waals surface area contributed by atoms with Crippen LogP contribution in [0.4, 0.5) is 26.3 Å². The normalized spacial score (nSPS) is 15.3. The summed E-state index contributed by atoms with van der Waals surface area (Å²) in [5.41, 5.74) is -11.4. The minimum absolute atomic E-state index is 0.0764. The smallest absolute Gasteiger partial charge is 0.235 e. The first-order valence-corrected chi connectivity index (χ1v) is 12.5. The first kappa shape index (κ1) is 25.1. The first-order valence-electron chi connectivity index (χ1n) is 7.93. The molecule has 0 bridgehead atoms. The van der Waals surface area contributed by atoms with E-state index in [0.717, 1.165) is 17.7 Å². The van der Waals surface area contributed by atoms with E-state index >= 15 is 0 Å². The van der Waals surface area contributed by atoms with E-state index in [0.29, 0.717) is 12.1 Å². The van der Waals surface area contributed by atoms with Crippen LogP contribution in [0.3, 0.4) is 0 Å². The van der Waals surface area contributed by atoms with Crippen molar-refractivity contribution in [2.45, 2.75) is 33.5 Å². The van der Waals surface area contributed by atoms with Gasteiger partial charge in [-0.1, -0.05) is 33.6 Å². The van der Waals surface area contributed by atoms with E-state index in [2.05, 4.69) is 0 Å². The maximum absolute atomic E-state index is 13.2. The zero-order valence-corrected chi connectivity index (χ0v) is 17.8. The molecule has 0 amide bonds. The van der Waals surface area contributed by atoms with E-state index < -0.39 is 51.3 Å². The first-order chi connectivity index (χ1) is 13.9. The summed E-state index contributed by atoms with van der Waals surface area (Å²) in [6, 6.07) is 8.08. The summed E-state index contributed by atoms with van der Waals surface area (Å²) >= 11 is 0. The van der Waals surface area contributed by atoms with Gasteiger partial charge in [0.2, 0.25) is 0 Å². The SMILES string of the molecule is Cc1ccc(S(=O)(=O)Cc2ccc(S(=O)(=NS(=O)(=O)C(F)(F)F)C(F)(F)F)cc2)cc1. The van der Waals surface area contributed by atoms with Crippen LogP contribution < -0.4 is 0 Å². The molecule has 2 rings (SSSR count). The molecule has 0 N–H and O–H groups in total. The number of sulfone groups is 1. The Kier molecular flexibility index (Phi) is 6.56. The molecular weight excluding hydrogens is 496 g/mol. The van der Waals surface area contributed by atoms with Crippen LogP contribution in [-0.4, -0.2) is 32.1 Å². The lowest BCUT2D eigenvalue weighted by Gasteiger charge is -2.15. The van der Waals surface area contributed by atoms with E-state index in [-0.39, 0.29) is 10.5 Å². The highest BCUT2D eigenvalue weighted by molar-refractivity contribution is 8.04. The second-order valence-corrected chi connectivity index (χ2v) is 12.2. The van der Waals surface area contributed by atoms with Crippen molar-refractivity contribution in [3.05, 3.63) is 59.7 Å². The third kappa shape index (κ3) is 5.38. The second kappa shape index (κ2) is 8.09. The van der Waals surface area contributed by atoms with Gasteiger partial charge in [-0.2, -0.15) is 34.8 Å². The molecule has 15 heteroatoms. The zero-order valence-electron chi connectivity index (χ0n) is 15.3. The Morgan fingerprint density at radius 3 is 1.58 bits per heavy atom. The van der Waals surface area contributed by atoms with Gasteiger partial charge in [0.15, 0.2) is 19.6 Å². The highest BCUT2D eigenvalue weighted by atomic mass is 32.3. The minimum atomic E-state index is -6.73. The van der Waals surface area contributed by atoms with Gasteiger partial charge in [-0.05, 0) is 36.8 Å². The second-order valence-electron chi connectivity index (χ2n) is 6.18. The Morgan fingerprint density at radius 2 is 1.16 bits per heavy atom. The molecule has 0 saturated carbocycles. The van der Waals surface area contributed by atoms with Gasteiger partial charge in [0, 0.05) is 0 Å². The predicted octanol–water partition coefficient (Wildman–Crippen LogP) is 4.17. The summed E-state index contributed by atoms with van der Waals surface area (Å²) in [5.74, 6) is -0.679. The topological polar surface area (TPSA) is 97.7 Å². The number of aryl methyl sites for hydroxylation is 1. The van der Waals surface area contributed by atoms with Crippen LogP contribution in [0.25, 0.3) is 0 Å². The van der Waals surface area contributed by atoms with Gasteiger partial charge in [-0.3, -0.25) is 0 Å². The molecular formula is C16H13F6NO5S3. The largest absolute Gasteiger partial charge is 0.519 e. The highest BCUT2D eigenvalue weighted by Gasteiger charge is 2.52. The van der Waals surface area contributed by atoms with Crippen LogP contribution in [0.1, 0.15) is 11.1 Å². The molecule has 0 spiro atoms. The molecule has 6 nitrogen and oxygen atoms in total. The minimum Gasteiger partial charge on any atom is -0.235 e. The molecule has 2 aromatic rings. The number of sulfonamides is 1. The Labute approximate surface area is 174 Å². The molecule has 2 aromatic carbocycles. The van der Waals surface area contributed by atoms with Gasteiger partial charge in [-0.15, -0.1) is 0 Å². The Balaban J connectivity index is 2.50. The summed E-state index contributed by atoms with van der Waals surface area (Å²) in [7, 11) is -16.7. The van der Waals surface area contributed by atoms with Crippen molar-refractivity contribution in [1.82, 2.24) is 0 Å². The summed E-state index contributed by atoms with van der Waals surface area (Å²) in [6.07, 6.45) is 0. The maximum Gasteiger partial charge on any atom is 0.519 e. The fourth-order valence-electron chi connectivity index (χ4n) is 2.22. The molecule has 0 radical (unpaired) electrons. The highest BCUT2D eigenvalue weighted by Crippen LogP contribution is 2.36. The number of hydrogen-bond acceptors (Lipinski definition) is 5. The lowest BCUT2D eigenvalue weighted by atomic mass is 10.2. The number of alkyl halides is 6. The molecule has 0 saturated heterocycles. The van der Waals surface area contributed by atoms with Crippen LogP contribution in [0.5, 0.6) is 0 Å². The lowest BCUT2D eigenvalue weighted by molar-refractivity contribution is -0.0442. The van der Waals surface area contributed by atoms with Gasteiger partial charge >= 0.3 is 21.0 Å². The number of halogens is 6. The van der Waals surface area contributed by atoms with Crippen molar-refractivity contribution in [2.75, 3.05) is 0 Å². The zero-order chi connectivity index (χ0) is 23.9. The fourth-order valence-corrected chi connectivity index (χ4v) is 6.46. The molecule has 0 aliphatic rings. The average molecular weight is 509 g/mol. The van der Waals surface area contributed by atoms with Gasteiger partial charge in [0.05, 0.1) is 15.5 Å². The van der Waals surface area contributed by atoms with Gasteiger partial charge in [0.1, 0.15) is 0 Å². The van der Waals surface area contributed by atoms with Crippen LogP contribution in [0.15, 0.2) is 62.1 Å². The van der Waals surface area contributed by atoms with Crippen LogP contribution >= 0.6 is 0 Å². The Bertz CT molecular complexity index is 1290. The van der Waals surface area contributed by atoms with Gasteiger partial charge in [0.25, 0.3) is 0 Å². The molecule has 0 aliphatic heterocycles. The maximum atomic E-state index is 13.2. The quantitative estimate of drug-likeness (QED) is 0.564. The molecule has 0 aromatic heterocycles. The van der Waals surface area contributed by atoms with Gasteiger partial charge in [-0.25, -0.2) is 12.6 Å². The number of benzene rings is 2. The average Bonchev–Trinajstić information content (AvgIpc) is 2.60. The molecule has 1 atom stereocenters. The molecule has 0 heterocycles. The van der Waals surface area contributed by atoms with Crippen molar-refractivity contribution in [2.24, 2.45) is 3.77 Å². The van der Waals surface area contributed by atoms with Crippen molar-refractivity contribution in [3.8, 4) is 0 Å². The summed E-state index contributed by atoms with van der Waals surface area (Å²) < 4.78 is 138. The van der Waals surface area contributed by atoms with E-state index in [1.165, 1.54) is 24.3 Å². The van der Waals surface area contributed by atoms with E-state index in [9.17, 15) is 47.4 Å². The number of hydrogen-bond donors (Lipinski definition) is 0. The lowest BCUT2D eigenvalue weighted by Crippen LogP contribution is -2.28. The van der Waals surface area contributed by atoms with Crippen LogP contribution in [0.2, 0.25) is 0 Å². The molecule has 172 valence electrons. The molecule has 31 heavy (non-hydrogen) atoms. The van der Waals surface area contributed by atoms with E-state index in [1.54, 1.807) is 10.7 Å². The third-order valence-electron chi connectivity index (χ3n) is 3.79. The van der Waals surface area contributed by atoms with Crippen molar-refractivity contribution < 1.29 is 47.4 Å². The van der Waals surface area contributed by atoms with Crippen LogP contribution in [0, 0.1) is 6.92 Å². The number of rotatable bonds is 5. The van der Waals surface area contributed by atoms with E-state index in [4.69, 9.17) is 0 Å². The van der Waals surface area contributed by atoms with Gasteiger partial charge < -0.3 is 0 Å². The van der Waals surface area contributed by atoms with E-state index in [1.807, 2.05) is 0 Å². The summed E-state index contributed by atoms with van der Waals surface area (Å²) in [6.45, 7) is 1.72. The fraction of sp³-hybridized carbons (Fsp3) is 0.250.